The fraction of sp³-hybridized carbons (Fsp3) is 0.385. The normalized spacial score (nSPS) is 13.3. The summed E-state index contributed by atoms with van der Waals surface area (Å²) >= 11 is 0. The lowest BCUT2D eigenvalue weighted by Crippen LogP contribution is -2.27. The molecule has 0 aromatic carbocycles. The van der Waals surface area contributed by atoms with Gasteiger partial charge < -0.3 is 10.2 Å². The Kier molecular flexibility index (Phi) is 4.79. The van der Waals surface area contributed by atoms with Crippen LogP contribution in [0.4, 0.5) is 5.82 Å². The molecule has 0 amide bonds. The van der Waals surface area contributed by atoms with Crippen molar-refractivity contribution in [2.24, 2.45) is 12.2 Å². The minimum absolute atomic E-state index is 0.0151. The van der Waals surface area contributed by atoms with Crippen molar-refractivity contribution in [3.8, 4) is 0 Å². The van der Waals surface area contributed by atoms with Gasteiger partial charge in [0.05, 0.1) is 12.2 Å². The Bertz CT molecular complexity index is 740. The molecule has 2 aromatic rings. The monoisotopic (exact) mass is 324 g/mol. The van der Waals surface area contributed by atoms with E-state index >= 15 is 0 Å². The van der Waals surface area contributed by atoms with Crippen LogP contribution in [0.1, 0.15) is 11.6 Å². The SMILES string of the molecule is CN(C)C(CNc1ncccc1S(N)(=O)=O)c1cnn(C)c1. The zero-order chi connectivity index (χ0) is 16.3. The zero-order valence-corrected chi connectivity index (χ0v) is 13.6. The molecule has 3 N–H and O–H groups in total. The van der Waals surface area contributed by atoms with Gasteiger partial charge in [-0.2, -0.15) is 5.10 Å². The minimum atomic E-state index is -3.82. The first kappa shape index (κ1) is 16.4. The maximum atomic E-state index is 11.6. The van der Waals surface area contributed by atoms with Gasteiger partial charge in [-0.05, 0) is 26.2 Å². The number of rotatable bonds is 6. The average Bonchev–Trinajstić information content (AvgIpc) is 2.84. The molecule has 0 radical (unpaired) electrons. The third-order valence-corrected chi connectivity index (χ3v) is 4.22. The number of aromatic nitrogens is 3. The van der Waals surface area contributed by atoms with Gasteiger partial charge in [-0.15, -0.1) is 0 Å². The maximum absolute atomic E-state index is 11.6. The van der Waals surface area contributed by atoms with Crippen LogP contribution in [0.25, 0.3) is 0 Å². The number of pyridine rings is 1. The smallest absolute Gasteiger partial charge is 0.241 e. The highest BCUT2D eigenvalue weighted by molar-refractivity contribution is 7.89. The van der Waals surface area contributed by atoms with Crippen LogP contribution in [0, 0.1) is 0 Å². The molecule has 120 valence electrons. The quantitative estimate of drug-likeness (QED) is 0.785. The van der Waals surface area contributed by atoms with Gasteiger partial charge in [0.2, 0.25) is 10.0 Å². The summed E-state index contributed by atoms with van der Waals surface area (Å²) in [4.78, 5) is 6.07. The average molecular weight is 324 g/mol. The number of aryl methyl sites for hydroxylation is 1. The van der Waals surface area contributed by atoms with Crippen molar-refractivity contribution in [2.75, 3.05) is 26.0 Å². The van der Waals surface area contributed by atoms with Crippen LogP contribution in [0.3, 0.4) is 0 Å². The molecule has 0 saturated heterocycles. The number of sulfonamides is 1. The highest BCUT2D eigenvalue weighted by Gasteiger charge is 2.19. The summed E-state index contributed by atoms with van der Waals surface area (Å²) in [7, 11) is 1.92. The van der Waals surface area contributed by atoms with Gasteiger partial charge in [-0.3, -0.25) is 4.68 Å². The van der Waals surface area contributed by atoms with Crippen molar-refractivity contribution >= 4 is 15.8 Å². The topological polar surface area (TPSA) is 106 Å². The summed E-state index contributed by atoms with van der Waals surface area (Å²) in [6, 6.07) is 2.98. The number of nitrogens with zero attached hydrogens (tertiary/aromatic N) is 4. The summed E-state index contributed by atoms with van der Waals surface area (Å²) in [5, 5.41) is 12.4. The van der Waals surface area contributed by atoms with Crippen LogP contribution >= 0.6 is 0 Å². The van der Waals surface area contributed by atoms with Crippen LogP contribution in [0.15, 0.2) is 35.6 Å². The molecule has 2 rings (SSSR count). The summed E-state index contributed by atoms with van der Waals surface area (Å²) < 4.78 is 24.9. The maximum Gasteiger partial charge on any atom is 0.241 e. The molecular weight excluding hydrogens is 304 g/mol. The van der Waals surface area contributed by atoms with Crippen molar-refractivity contribution in [1.82, 2.24) is 19.7 Å². The lowest BCUT2D eigenvalue weighted by Gasteiger charge is -2.24. The highest BCUT2D eigenvalue weighted by atomic mass is 32.2. The van der Waals surface area contributed by atoms with Gasteiger partial charge >= 0.3 is 0 Å². The highest BCUT2D eigenvalue weighted by Crippen LogP contribution is 2.21. The fourth-order valence-electron chi connectivity index (χ4n) is 2.16. The predicted octanol–water partition coefficient (Wildman–Crippen LogP) is 0.177. The molecule has 1 atom stereocenters. The van der Waals surface area contributed by atoms with Crippen LogP contribution in [0.5, 0.6) is 0 Å². The Morgan fingerprint density at radius 3 is 2.73 bits per heavy atom. The number of nitrogens with one attached hydrogen (secondary N) is 1. The van der Waals surface area contributed by atoms with Crippen molar-refractivity contribution < 1.29 is 8.42 Å². The van der Waals surface area contributed by atoms with Gasteiger partial charge in [0.25, 0.3) is 0 Å². The summed E-state index contributed by atoms with van der Waals surface area (Å²) in [5.74, 6) is 0.251. The summed E-state index contributed by atoms with van der Waals surface area (Å²) in [5.41, 5.74) is 1.02. The van der Waals surface area contributed by atoms with Gasteiger partial charge in [-0.1, -0.05) is 0 Å². The number of anilines is 1. The van der Waals surface area contributed by atoms with Gasteiger partial charge in [0.1, 0.15) is 10.7 Å². The van der Waals surface area contributed by atoms with E-state index in [2.05, 4.69) is 15.4 Å². The Morgan fingerprint density at radius 1 is 1.45 bits per heavy atom. The third-order valence-electron chi connectivity index (χ3n) is 3.27. The first-order chi connectivity index (χ1) is 10.3. The van der Waals surface area contributed by atoms with Crippen molar-refractivity contribution in [1.29, 1.82) is 0 Å². The van der Waals surface area contributed by atoms with E-state index in [0.717, 1.165) is 5.56 Å². The lowest BCUT2D eigenvalue weighted by molar-refractivity contribution is 0.311. The molecule has 9 heteroatoms. The number of likely N-dealkylation sites (N-methyl/N-ethyl adjacent to an activating group) is 1. The van der Waals surface area contributed by atoms with Crippen molar-refractivity contribution in [2.45, 2.75) is 10.9 Å². The van der Waals surface area contributed by atoms with E-state index in [0.29, 0.717) is 6.54 Å². The molecule has 2 heterocycles. The van der Waals surface area contributed by atoms with E-state index in [4.69, 9.17) is 5.14 Å². The van der Waals surface area contributed by atoms with Gasteiger partial charge in [0.15, 0.2) is 0 Å². The van der Waals surface area contributed by atoms with E-state index in [1.54, 1.807) is 10.9 Å². The third kappa shape index (κ3) is 3.81. The molecule has 0 saturated carbocycles. The second kappa shape index (κ2) is 6.42. The molecule has 0 fully saturated rings. The molecule has 0 aliphatic rings. The molecule has 1 unspecified atom stereocenters. The first-order valence-electron chi connectivity index (χ1n) is 6.65. The molecule has 0 aliphatic carbocycles. The number of primary sulfonamides is 1. The molecule has 22 heavy (non-hydrogen) atoms. The van der Waals surface area contributed by atoms with Crippen LogP contribution < -0.4 is 10.5 Å². The van der Waals surface area contributed by atoms with E-state index in [-0.39, 0.29) is 16.8 Å². The molecule has 2 aromatic heterocycles. The standard InChI is InChI=1S/C13H20N6O2S/c1-18(2)11(10-7-17-19(3)9-10)8-16-13-12(22(14,20)21)5-4-6-15-13/h4-7,9,11H,8H2,1-3H3,(H,15,16)(H2,14,20,21). The Morgan fingerprint density at radius 2 is 2.18 bits per heavy atom. The van der Waals surface area contributed by atoms with Crippen LogP contribution in [-0.4, -0.2) is 48.7 Å². The Balaban J connectivity index is 2.21. The van der Waals surface area contributed by atoms with Gasteiger partial charge in [-0.25, -0.2) is 18.5 Å². The Labute approximate surface area is 130 Å². The number of nitrogens with two attached hydrogens (primary N) is 1. The van der Waals surface area contributed by atoms with Crippen molar-refractivity contribution in [3.63, 3.8) is 0 Å². The largest absolute Gasteiger partial charge is 0.367 e. The molecular formula is C13H20N6O2S. The first-order valence-corrected chi connectivity index (χ1v) is 8.20. The van der Waals surface area contributed by atoms with E-state index in [1.165, 1.54) is 18.3 Å². The van der Waals surface area contributed by atoms with E-state index < -0.39 is 10.0 Å². The lowest BCUT2D eigenvalue weighted by atomic mass is 10.1. The Hall–Kier alpha value is -1.97. The predicted molar refractivity (Wildman–Crippen MR) is 83.7 cm³/mol. The molecule has 0 spiro atoms. The molecule has 0 aliphatic heterocycles. The van der Waals surface area contributed by atoms with Crippen molar-refractivity contribution in [3.05, 3.63) is 36.3 Å². The second-order valence-corrected chi connectivity index (χ2v) is 6.73. The summed E-state index contributed by atoms with van der Waals surface area (Å²) in [6.07, 6.45) is 5.22. The molecule has 8 nitrogen and oxygen atoms in total. The van der Waals surface area contributed by atoms with Gasteiger partial charge in [0, 0.05) is 31.5 Å². The molecule has 0 bridgehead atoms. The van der Waals surface area contributed by atoms with E-state index in [1.807, 2.05) is 32.2 Å². The number of hydrogen-bond donors (Lipinski definition) is 2. The number of hydrogen-bond acceptors (Lipinski definition) is 6. The van der Waals surface area contributed by atoms with Crippen LogP contribution in [-0.2, 0) is 17.1 Å². The second-order valence-electron chi connectivity index (χ2n) is 5.20. The minimum Gasteiger partial charge on any atom is -0.367 e. The fourth-order valence-corrected chi connectivity index (χ4v) is 2.82. The van der Waals surface area contributed by atoms with E-state index in [9.17, 15) is 8.42 Å². The van der Waals surface area contributed by atoms with Crippen LogP contribution in [0.2, 0.25) is 0 Å². The zero-order valence-electron chi connectivity index (χ0n) is 12.8. The summed E-state index contributed by atoms with van der Waals surface area (Å²) in [6.45, 7) is 0.470.